The number of aliphatic hydroxyl groups excluding tert-OH is 1. The minimum absolute atomic E-state index is 0.179. The smallest absolute Gasteiger partial charge is 0.0540 e. The van der Waals surface area contributed by atoms with Gasteiger partial charge in [0.1, 0.15) is 0 Å². The number of allylic oxidation sites excluding steroid dienone is 2. The Hall–Kier alpha value is -0.300. The largest absolute Gasteiger partial charge is 0.393 e. The fourth-order valence-corrected chi connectivity index (χ4v) is 0.548. The van der Waals surface area contributed by atoms with Crippen molar-refractivity contribution in [2.45, 2.75) is 33.3 Å². The maximum atomic E-state index is 9.01. The molecule has 9 heavy (non-hydrogen) atoms. The molecule has 0 aromatic carbocycles. The molecule has 0 aromatic rings. The van der Waals surface area contributed by atoms with Crippen LogP contribution in [0, 0.1) is 5.92 Å². The molecule has 0 spiro atoms. The van der Waals surface area contributed by atoms with Crippen LogP contribution in [0.5, 0.6) is 0 Å². The third-order valence-corrected chi connectivity index (χ3v) is 1.57. The SMILES string of the molecule is CC=CC[C@@H](C)[C@H](C)O. The van der Waals surface area contributed by atoms with Crippen molar-refractivity contribution in [3.63, 3.8) is 0 Å². The molecule has 0 rings (SSSR count). The van der Waals surface area contributed by atoms with Crippen LogP contribution in [-0.4, -0.2) is 11.2 Å². The van der Waals surface area contributed by atoms with Crippen LogP contribution in [0.2, 0.25) is 0 Å². The predicted octanol–water partition coefficient (Wildman–Crippen LogP) is 1.97. The Balaban J connectivity index is 3.38. The number of aliphatic hydroxyl groups is 1. The number of hydrogen-bond acceptors (Lipinski definition) is 1. The zero-order chi connectivity index (χ0) is 7.28. The van der Waals surface area contributed by atoms with Gasteiger partial charge in [0.15, 0.2) is 0 Å². The Morgan fingerprint density at radius 2 is 2.00 bits per heavy atom. The average Bonchev–Trinajstić information content (AvgIpc) is 1.82. The Morgan fingerprint density at radius 1 is 1.44 bits per heavy atom. The molecule has 0 unspecified atom stereocenters. The van der Waals surface area contributed by atoms with Crippen molar-refractivity contribution in [3.05, 3.63) is 12.2 Å². The highest BCUT2D eigenvalue weighted by Gasteiger charge is 2.04. The summed E-state index contributed by atoms with van der Waals surface area (Å²) in [4.78, 5) is 0. The van der Waals surface area contributed by atoms with Crippen molar-refractivity contribution in [3.8, 4) is 0 Å². The monoisotopic (exact) mass is 128 g/mol. The van der Waals surface area contributed by atoms with Gasteiger partial charge in [-0.25, -0.2) is 0 Å². The second-order valence-corrected chi connectivity index (χ2v) is 2.52. The van der Waals surface area contributed by atoms with Crippen LogP contribution in [0.3, 0.4) is 0 Å². The van der Waals surface area contributed by atoms with E-state index in [1.165, 1.54) is 0 Å². The van der Waals surface area contributed by atoms with Crippen molar-refractivity contribution < 1.29 is 5.11 Å². The lowest BCUT2D eigenvalue weighted by Crippen LogP contribution is -2.11. The fraction of sp³-hybridized carbons (Fsp3) is 0.750. The molecule has 0 aliphatic carbocycles. The minimum atomic E-state index is -0.179. The van der Waals surface area contributed by atoms with Crippen LogP contribution in [-0.2, 0) is 0 Å². The summed E-state index contributed by atoms with van der Waals surface area (Å²) in [6.45, 7) is 5.87. The molecule has 1 nitrogen and oxygen atoms in total. The summed E-state index contributed by atoms with van der Waals surface area (Å²) in [5.41, 5.74) is 0. The van der Waals surface area contributed by atoms with E-state index in [0.29, 0.717) is 5.92 Å². The molecule has 1 N–H and O–H groups in total. The van der Waals surface area contributed by atoms with E-state index in [4.69, 9.17) is 5.11 Å². The summed E-state index contributed by atoms with van der Waals surface area (Å²) in [5.74, 6) is 0.390. The van der Waals surface area contributed by atoms with Crippen molar-refractivity contribution >= 4 is 0 Å². The van der Waals surface area contributed by atoms with E-state index in [9.17, 15) is 0 Å². The first kappa shape index (κ1) is 8.70. The maximum Gasteiger partial charge on any atom is 0.0540 e. The highest BCUT2D eigenvalue weighted by Crippen LogP contribution is 2.07. The third-order valence-electron chi connectivity index (χ3n) is 1.57. The Bertz CT molecular complexity index is 84.6. The molecule has 1 heteroatoms. The standard InChI is InChI=1S/C8H16O/c1-4-5-6-7(2)8(3)9/h4-5,7-9H,6H2,1-3H3/t7-,8+/m1/s1. The average molecular weight is 128 g/mol. The molecule has 0 saturated heterocycles. The molecule has 0 amide bonds. The maximum absolute atomic E-state index is 9.01. The first-order chi connectivity index (χ1) is 4.18. The van der Waals surface area contributed by atoms with Crippen LogP contribution in [0.25, 0.3) is 0 Å². The van der Waals surface area contributed by atoms with Crippen molar-refractivity contribution in [2.24, 2.45) is 5.92 Å². The summed E-state index contributed by atoms with van der Waals surface area (Å²) < 4.78 is 0. The molecular weight excluding hydrogens is 112 g/mol. The van der Waals surface area contributed by atoms with Gasteiger partial charge in [0.25, 0.3) is 0 Å². The van der Waals surface area contributed by atoms with Crippen LogP contribution >= 0.6 is 0 Å². The highest BCUT2D eigenvalue weighted by molar-refractivity contribution is 4.80. The topological polar surface area (TPSA) is 20.2 Å². The molecule has 0 aliphatic heterocycles. The van der Waals surface area contributed by atoms with Crippen LogP contribution in [0.4, 0.5) is 0 Å². The summed E-state index contributed by atoms with van der Waals surface area (Å²) >= 11 is 0. The van der Waals surface area contributed by atoms with Gasteiger partial charge in [0.05, 0.1) is 6.10 Å². The van der Waals surface area contributed by atoms with E-state index in [1.54, 1.807) is 0 Å². The molecule has 0 bridgehead atoms. The molecule has 54 valence electrons. The Morgan fingerprint density at radius 3 is 2.33 bits per heavy atom. The summed E-state index contributed by atoms with van der Waals surface area (Å²) in [6.07, 6.45) is 4.89. The van der Waals surface area contributed by atoms with Gasteiger partial charge in [-0.2, -0.15) is 0 Å². The lowest BCUT2D eigenvalue weighted by molar-refractivity contribution is 0.136. The number of rotatable bonds is 3. The summed E-state index contributed by atoms with van der Waals surface area (Å²) in [5, 5.41) is 9.01. The lowest BCUT2D eigenvalue weighted by atomic mass is 10.0. The Labute approximate surface area is 57.4 Å². The highest BCUT2D eigenvalue weighted by atomic mass is 16.3. The first-order valence-electron chi connectivity index (χ1n) is 3.47. The normalized spacial score (nSPS) is 18.2. The zero-order valence-corrected chi connectivity index (χ0v) is 6.46. The van der Waals surface area contributed by atoms with Gasteiger partial charge in [0.2, 0.25) is 0 Å². The second-order valence-electron chi connectivity index (χ2n) is 2.52. The number of hydrogen-bond donors (Lipinski definition) is 1. The Kier molecular flexibility index (Phi) is 4.41. The minimum Gasteiger partial charge on any atom is -0.393 e. The molecule has 0 radical (unpaired) electrons. The molecule has 0 aliphatic rings. The first-order valence-corrected chi connectivity index (χ1v) is 3.47. The quantitative estimate of drug-likeness (QED) is 0.576. The van der Waals surface area contributed by atoms with E-state index < -0.39 is 0 Å². The molecule has 0 fully saturated rings. The van der Waals surface area contributed by atoms with Crippen molar-refractivity contribution in [1.82, 2.24) is 0 Å². The van der Waals surface area contributed by atoms with Gasteiger partial charge >= 0.3 is 0 Å². The summed E-state index contributed by atoms with van der Waals surface area (Å²) in [6, 6.07) is 0. The fourth-order valence-electron chi connectivity index (χ4n) is 0.548. The van der Waals surface area contributed by atoms with E-state index in [0.717, 1.165) is 6.42 Å². The molecule has 0 heterocycles. The predicted molar refractivity (Wildman–Crippen MR) is 40.3 cm³/mol. The summed E-state index contributed by atoms with van der Waals surface area (Å²) in [7, 11) is 0. The molecular formula is C8H16O. The van der Waals surface area contributed by atoms with E-state index in [2.05, 4.69) is 6.08 Å². The second kappa shape index (κ2) is 4.57. The van der Waals surface area contributed by atoms with Crippen molar-refractivity contribution in [2.75, 3.05) is 0 Å². The van der Waals surface area contributed by atoms with Gasteiger partial charge < -0.3 is 5.11 Å². The van der Waals surface area contributed by atoms with Crippen LogP contribution in [0.1, 0.15) is 27.2 Å². The van der Waals surface area contributed by atoms with Crippen molar-refractivity contribution in [1.29, 1.82) is 0 Å². The third kappa shape index (κ3) is 4.22. The van der Waals surface area contributed by atoms with Gasteiger partial charge in [-0.1, -0.05) is 19.1 Å². The van der Waals surface area contributed by atoms with Gasteiger partial charge in [-0.15, -0.1) is 0 Å². The van der Waals surface area contributed by atoms with Gasteiger partial charge in [-0.05, 0) is 26.2 Å². The lowest BCUT2D eigenvalue weighted by Gasteiger charge is -2.10. The molecule has 0 saturated carbocycles. The zero-order valence-electron chi connectivity index (χ0n) is 6.46. The van der Waals surface area contributed by atoms with Crippen LogP contribution in [0.15, 0.2) is 12.2 Å². The van der Waals surface area contributed by atoms with E-state index >= 15 is 0 Å². The molecule has 2 atom stereocenters. The van der Waals surface area contributed by atoms with Gasteiger partial charge in [-0.3, -0.25) is 0 Å². The van der Waals surface area contributed by atoms with Gasteiger partial charge in [0, 0.05) is 0 Å². The van der Waals surface area contributed by atoms with E-state index in [1.807, 2.05) is 26.8 Å². The molecule has 0 aromatic heterocycles. The van der Waals surface area contributed by atoms with Crippen LogP contribution < -0.4 is 0 Å². The van der Waals surface area contributed by atoms with E-state index in [-0.39, 0.29) is 6.10 Å².